The second-order valence-electron chi connectivity index (χ2n) is 6.64. The highest BCUT2D eigenvalue weighted by molar-refractivity contribution is 7.91. The molecular formula is C16H24N2O2S. The molecule has 2 saturated heterocycles. The van der Waals surface area contributed by atoms with Gasteiger partial charge in [-0.1, -0.05) is 18.2 Å². The predicted molar refractivity (Wildman–Crippen MR) is 86.5 cm³/mol. The molecule has 5 heteroatoms. The standard InChI is InChI=1S/C16H24N2O2S/c1-16(9-12-21(19,20)13-16)17-14-7-10-18(11-8-14)15-5-3-2-4-6-15/h2-6,14,17H,7-13H2,1H3. The number of rotatable bonds is 3. The Bertz CT molecular complexity index is 580. The average Bonchev–Trinajstić information content (AvgIpc) is 2.74. The zero-order chi connectivity index (χ0) is 14.9. The first-order chi connectivity index (χ1) is 9.96. The van der Waals surface area contributed by atoms with Gasteiger partial charge in [-0.3, -0.25) is 0 Å². The summed E-state index contributed by atoms with van der Waals surface area (Å²) in [6.45, 7) is 4.12. The highest BCUT2D eigenvalue weighted by atomic mass is 32.2. The lowest BCUT2D eigenvalue weighted by Crippen LogP contribution is -2.52. The monoisotopic (exact) mass is 308 g/mol. The molecule has 2 heterocycles. The van der Waals surface area contributed by atoms with Crippen molar-refractivity contribution in [3.63, 3.8) is 0 Å². The van der Waals surface area contributed by atoms with Crippen molar-refractivity contribution in [3.8, 4) is 0 Å². The lowest BCUT2D eigenvalue weighted by Gasteiger charge is -2.38. The molecule has 0 radical (unpaired) electrons. The Hall–Kier alpha value is -1.07. The number of hydrogen-bond donors (Lipinski definition) is 1. The molecule has 0 aromatic heterocycles. The molecule has 0 saturated carbocycles. The molecule has 0 amide bonds. The highest BCUT2D eigenvalue weighted by Crippen LogP contribution is 2.26. The van der Waals surface area contributed by atoms with Gasteiger partial charge < -0.3 is 10.2 Å². The zero-order valence-electron chi connectivity index (χ0n) is 12.6. The molecule has 0 aliphatic carbocycles. The zero-order valence-corrected chi connectivity index (χ0v) is 13.4. The maximum atomic E-state index is 11.7. The summed E-state index contributed by atoms with van der Waals surface area (Å²) in [6, 6.07) is 10.9. The Labute approximate surface area is 127 Å². The van der Waals surface area contributed by atoms with Crippen LogP contribution in [0, 0.1) is 0 Å². The van der Waals surface area contributed by atoms with Gasteiger partial charge in [0.15, 0.2) is 9.84 Å². The Morgan fingerprint density at radius 2 is 1.86 bits per heavy atom. The molecule has 21 heavy (non-hydrogen) atoms. The van der Waals surface area contributed by atoms with Crippen molar-refractivity contribution in [2.24, 2.45) is 0 Å². The van der Waals surface area contributed by atoms with E-state index in [4.69, 9.17) is 0 Å². The molecule has 2 aliphatic rings. The van der Waals surface area contributed by atoms with Crippen LogP contribution in [0.4, 0.5) is 5.69 Å². The van der Waals surface area contributed by atoms with Gasteiger partial charge in [-0.2, -0.15) is 0 Å². The van der Waals surface area contributed by atoms with E-state index in [-0.39, 0.29) is 5.54 Å². The van der Waals surface area contributed by atoms with Gasteiger partial charge in [0.1, 0.15) is 0 Å². The molecule has 4 nitrogen and oxygen atoms in total. The van der Waals surface area contributed by atoms with Crippen molar-refractivity contribution in [2.45, 2.75) is 37.8 Å². The summed E-state index contributed by atoms with van der Waals surface area (Å²) in [5, 5.41) is 3.62. The molecular weight excluding hydrogens is 284 g/mol. The third-order valence-electron chi connectivity index (χ3n) is 4.67. The number of nitrogens with one attached hydrogen (secondary N) is 1. The summed E-state index contributed by atoms with van der Waals surface area (Å²) in [6.07, 6.45) is 2.89. The van der Waals surface area contributed by atoms with E-state index in [1.165, 1.54) is 5.69 Å². The maximum absolute atomic E-state index is 11.7. The van der Waals surface area contributed by atoms with E-state index in [0.29, 0.717) is 17.5 Å². The molecule has 0 spiro atoms. The van der Waals surface area contributed by atoms with Gasteiger partial charge in [0, 0.05) is 30.4 Å². The maximum Gasteiger partial charge on any atom is 0.152 e. The van der Waals surface area contributed by atoms with Crippen LogP contribution < -0.4 is 10.2 Å². The second-order valence-corrected chi connectivity index (χ2v) is 8.83. The van der Waals surface area contributed by atoms with Crippen LogP contribution in [-0.4, -0.2) is 44.6 Å². The Morgan fingerprint density at radius 1 is 1.19 bits per heavy atom. The van der Waals surface area contributed by atoms with Crippen LogP contribution in [-0.2, 0) is 9.84 Å². The number of nitrogens with zero attached hydrogens (tertiary/aromatic N) is 1. The van der Waals surface area contributed by atoms with E-state index in [0.717, 1.165) is 32.4 Å². The van der Waals surface area contributed by atoms with E-state index >= 15 is 0 Å². The van der Waals surface area contributed by atoms with E-state index in [1.807, 2.05) is 6.07 Å². The largest absolute Gasteiger partial charge is 0.371 e. The fourth-order valence-electron chi connectivity index (χ4n) is 3.54. The smallest absolute Gasteiger partial charge is 0.152 e. The van der Waals surface area contributed by atoms with Crippen molar-refractivity contribution < 1.29 is 8.42 Å². The van der Waals surface area contributed by atoms with Crippen LogP contribution in [0.15, 0.2) is 30.3 Å². The first-order valence-electron chi connectivity index (χ1n) is 7.74. The van der Waals surface area contributed by atoms with E-state index < -0.39 is 9.84 Å². The van der Waals surface area contributed by atoms with Crippen LogP contribution in [0.5, 0.6) is 0 Å². The minimum absolute atomic E-state index is 0.224. The van der Waals surface area contributed by atoms with Crippen LogP contribution >= 0.6 is 0 Å². The number of anilines is 1. The molecule has 1 atom stereocenters. The SMILES string of the molecule is CC1(NC2CCN(c3ccccc3)CC2)CCS(=O)(=O)C1. The third-order valence-corrected chi connectivity index (χ3v) is 6.58. The first kappa shape index (κ1) is 14.9. The summed E-state index contributed by atoms with van der Waals surface area (Å²) in [7, 11) is -2.83. The number of hydrogen-bond acceptors (Lipinski definition) is 4. The Balaban J connectivity index is 1.55. The number of para-hydroxylation sites is 1. The molecule has 1 aromatic carbocycles. The van der Waals surface area contributed by atoms with Crippen molar-refractivity contribution in [3.05, 3.63) is 30.3 Å². The number of benzene rings is 1. The molecule has 3 rings (SSSR count). The van der Waals surface area contributed by atoms with Crippen LogP contribution in [0.25, 0.3) is 0 Å². The van der Waals surface area contributed by atoms with Crippen LogP contribution in [0.1, 0.15) is 26.2 Å². The van der Waals surface area contributed by atoms with E-state index in [9.17, 15) is 8.42 Å². The van der Waals surface area contributed by atoms with Crippen molar-refractivity contribution in [2.75, 3.05) is 29.5 Å². The molecule has 1 N–H and O–H groups in total. The highest BCUT2D eigenvalue weighted by Gasteiger charge is 2.39. The Morgan fingerprint density at radius 3 is 2.43 bits per heavy atom. The van der Waals surface area contributed by atoms with Crippen molar-refractivity contribution in [1.29, 1.82) is 0 Å². The number of sulfone groups is 1. The van der Waals surface area contributed by atoms with E-state index in [1.54, 1.807) is 0 Å². The predicted octanol–water partition coefficient (Wildman–Crippen LogP) is 1.82. The average molecular weight is 308 g/mol. The molecule has 116 valence electrons. The third kappa shape index (κ3) is 3.58. The summed E-state index contributed by atoms with van der Waals surface area (Å²) >= 11 is 0. The quantitative estimate of drug-likeness (QED) is 0.925. The fraction of sp³-hybridized carbons (Fsp3) is 0.625. The van der Waals surface area contributed by atoms with Crippen LogP contribution in [0.2, 0.25) is 0 Å². The van der Waals surface area contributed by atoms with Crippen LogP contribution in [0.3, 0.4) is 0 Å². The minimum Gasteiger partial charge on any atom is -0.371 e. The topological polar surface area (TPSA) is 49.4 Å². The van der Waals surface area contributed by atoms with Gasteiger partial charge in [0.05, 0.1) is 11.5 Å². The fourth-order valence-corrected chi connectivity index (χ4v) is 5.64. The Kier molecular flexibility index (Phi) is 3.97. The summed E-state index contributed by atoms with van der Waals surface area (Å²) < 4.78 is 23.4. The molecule has 1 unspecified atom stereocenters. The molecule has 2 aliphatic heterocycles. The lowest BCUT2D eigenvalue weighted by atomic mass is 9.96. The summed E-state index contributed by atoms with van der Waals surface area (Å²) in [4.78, 5) is 2.41. The second kappa shape index (κ2) is 5.61. The number of piperidine rings is 1. The summed E-state index contributed by atoms with van der Waals surface area (Å²) in [5.74, 6) is 0.623. The van der Waals surface area contributed by atoms with E-state index in [2.05, 4.69) is 41.4 Å². The summed E-state index contributed by atoms with van der Waals surface area (Å²) in [5.41, 5.74) is 1.06. The first-order valence-corrected chi connectivity index (χ1v) is 9.56. The normalized spacial score (nSPS) is 29.7. The van der Waals surface area contributed by atoms with Gasteiger partial charge >= 0.3 is 0 Å². The lowest BCUT2D eigenvalue weighted by molar-refractivity contribution is 0.303. The van der Waals surface area contributed by atoms with Crippen molar-refractivity contribution >= 4 is 15.5 Å². The van der Waals surface area contributed by atoms with Gasteiger partial charge in [0.2, 0.25) is 0 Å². The molecule has 1 aromatic rings. The van der Waals surface area contributed by atoms with Crippen molar-refractivity contribution in [1.82, 2.24) is 5.32 Å². The molecule has 2 fully saturated rings. The minimum atomic E-state index is -2.83. The van der Waals surface area contributed by atoms with Gasteiger partial charge in [0.25, 0.3) is 0 Å². The van der Waals surface area contributed by atoms with Gasteiger partial charge in [-0.05, 0) is 38.3 Å². The van der Waals surface area contributed by atoms with Gasteiger partial charge in [-0.15, -0.1) is 0 Å². The van der Waals surface area contributed by atoms with Gasteiger partial charge in [-0.25, -0.2) is 8.42 Å². The molecule has 0 bridgehead atoms.